The zero-order valence-electron chi connectivity index (χ0n) is 51.9. The first-order chi connectivity index (χ1) is 42.4. The van der Waals surface area contributed by atoms with Crippen molar-refractivity contribution in [2.75, 3.05) is 19.6 Å². The maximum Gasteiger partial charge on any atom is 0.325 e. The summed E-state index contributed by atoms with van der Waals surface area (Å²) in [6.07, 6.45) is -3.93. The molecule has 506 valence electrons. The zero-order chi connectivity index (χ0) is 69.4. The van der Waals surface area contributed by atoms with Gasteiger partial charge in [-0.25, -0.2) is 0 Å². The number of nitrogens with two attached hydrogens (primary N) is 3. The van der Waals surface area contributed by atoms with Crippen LogP contribution in [-0.2, 0) is 87.9 Å². The fourth-order valence-electron chi connectivity index (χ4n) is 8.29. The molecule has 1 aromatic rings. The third-order valence-corrected chi connectivity index (χ3v) is 12.8. The fourth-order valence-corrected chi connectivity index (χ4v) is 8.29. The first-order valence-electron chi connectivity index (χ1n) is 28.9. The minimum atomic E-state index is -1.84. The number of rotatable bonds is 42. The Morgan fingerprint density at radius 3 is 1.15 bits per heavy atom. The molecule has 14 amide bonds. The van der Waals surface area contributed by atoms with E-state index in [1.807, 2.05) is 0 Å². The van der Waals surface area contributed by atoms with Gasteiger partial charge in [-0.2, -0.15) is 0 Å². The van der Waals surface area contributed by atoms with Crippen LogP contribution in [0.1, 0.15) is 112 Å². The summed E-state index contributed by atoms with van der Waals surface area (Å²) >= 11 is 0. The van der Waals surface area contributed by atoms with Gasteiger partial charge in [-0.05, 0) is 62.8 Å². The summed E-state index contributed by atoms with van der Waals surface area (Å²) in [6, 6.07) is -6.99. The van der Waals surface area contributed by atoms with Crippen molar-refractivity contribution in [3.8, 4) is 0 Å². The summed E-state index contributed by atoms with van der Waals surface area (Å²) in [5.74, 6) is -19.2. The number of primary amides is 2. The number of amides is 14. The van der Waals surface area contributed by atoms with Gasteiger partial charge in [0.05, 0.1) is 44.9 Å². The van der Waals surface area contributed by atoms with E-state index in [-0.39, 0.29) is 43.4 Å². The molecule has 0 unspecified atom stereocenters. The van der Waals surface area contributed by atoms with Gasteiger partial charge in [0, 0.05) is 12.8 Å². The third kappa shape index (κ3) is 32.8. The van der Waals surface area contributed by atoms with E-state index in [4.69, 9.17) is 17.2 Å². The summed E-state index contributed by atoms with van der Waals surface area (Å²) in [7, 11) is 0. The van der Waals surface area contributed by atoms with Crippen LogP contribution in [0.4, 0.5) is 0 Å². The molecular weight excluding hydrogens is 1200 g/mol. The molecule has 1 rings (SSSR count). The Balaban J connectivity index is 3.23. The maximum absolute atomic E-state index is 13.8. The number of carbonyl (C=O) groups is 17. The molecule has 0 fully saturated rings. The van der Waals surface area contributed by atoms with E-state index in [1.165, 1.54) is 13.8 Å². The molecule has 0 spiro atoms. The lowest BCUT2D eigenvalue weighted by atomic mass is 10.0. The van der Waals surface area contributed by atoms with Gasteiger partial charge in [0.25, 0.3) is 0 Å². The van der Waals surface area contributed by atoms with E-state index in [0.29, 0.717) is 5.56 Å². The quantitative estimate of drug-likeness (QED) is 0.0289. The highest BCUT2D eigenvalue weighted by atomic mass is 16.4. The van der Waals surface area contributed by atoms with Gasteiger partial charge < -0.3 is 96.3 Å². The average molecular weight is 1290 g/mol. The molecule has 35 nitrogen and oxygen atoms in total. The molecule has 0 heterocycles. The molecule has 0 bridgehead atoms. The number of carbonyl (C=O) groups excluding carboxylic acids is 14. The van der Waals surface area contributed by atoms with E-state index in [1.54, 1.807) is 71.9 Å². The monoisotopic (exact) mass is 1290 g/mol. The zero-order valence-corrected chi connectivity index (χ0v) is 51.9. The van der Waals surface area contributed by atoms with Crippen LogP contribution in [0.5, 0.6) is 0 Å². The Labute approximate surface area is 523 Å². The summed E-state index contributed by atoms with van der Waals surface area (Å²) < 4.78 is 0. The largest absolute Gasteiger partial charge is 0.481 e. The van der Waals surface area contributed by atoms with Gasteiger partial charge in [0.2, 0.25) is 82.7 Å². The molecule has 10 atom stereocenters. The molecule has 0 saturated heterocycles. The molecule has 0 aliphatic carbocycles. The van der Waals surface area contributed by atoms with Crippen LogP contribution in [0, 0.1) is 17.8 Å². The second kappa shape index (κ2) is 39.9. The van der Waals surface area contributed by atoms with Crippen LogP contribution in [0.2, 0.25) is 0 Å². The van der Waals surface area contributed by atoms with E-state index in [2.05, 4.69) is 63.8 Å². The van der Waals surface area contributed by atoms with Gasteiger partial charge >= 0.3 is 17.9 Å². The van der Waals surface area contributed by atoms with Gasteiger partial charge in [-0.15, -0.1) is 0 Å². The van der Waals surface area contributed by atoms with Gasteiger partial charge in [0.15, 0.2) is 0 Å². The lowest BCUT2D eigenvalue weighted by molar-refractivity contribution is -0.142. The Morgan fingerprint density at radius 2 is 0.747 bits per heavy atom. The van der Waals surface area contributed by atoms with Crippen molar-refractivity contribution >= 4 is 101 Å². The predicted octanol–water partition coefficient (Wildman–Crippen LogP) is -6.38. The van der Waals surface area contributed by atoms with Crippen molar-refractivity contribution in [1.29, 1.82) is 0 Å². The second-order valence-corrected chi connectivity index (χ2v) is 22.6. The molecule has 0 radical (unpaired) electrons. The summed E-state index contributed by atoms with van der Waals surface area (Å²) in [6.45, 7) is 10.0. The molecule has 35 heteroatoms. The van der Waals surface area contributed by atoms with Crippen LogP contribution in [-0.4, -0.2) is 196 Å². The number of hydrogen-bond donors (Lipinski definition) is 18. The van der Waals surface area contributed by atoms with E-state index in [0.717, 1.165) is 0 Å². The Kier molecular flexibility index (Phi) is 34.8. The van der Waals surface area contributed by atoms with Crippen molar-refractivity contribution < 1.29 is 96.8 Å². The lowest BCUT2D eigenvalue weighted by Gasteiger charge is -2.25. The molecule has 0 aliphatic heterocycles. The number of hydrogen-bond acceptors (Lipinski definition) is 18. The van der Waals surface area contributed by atoms with Crippen LogP contribution >= 0.6 is 0 Å². The molecule has 0 aliphatic rings. The average Bonchev–Trinajstić information content (AvgIpc) is 1.90. The molecule has 21 N–H and O–H groups in total. The van der Waals surface area contributed by atoms with Crippen LogP contribution in [0.3, 0.4) is 0 Å². The first-order valence-corrected chi connectivity index (χ1v) is 28.9. The van der Waals surface area contributed by atoms with Crippen molar-refractivity contribution in [3.05, 3.63) is 35.9 Å². The van der Waals surface area contributed by atoms with Crippen LogP contribution < -0.4 is 81.0 Å². The molecule has 1 aromatic carbocycles. The summed E-state index contributed by atoms with van der Waals surface area (Å²) in [5, 5.41) is 55.9. The second-order valence-electron chi connectivity index (χ2n) is 22.6. The molecule has 91 heavy (non-hydrogen) atoms. The normalized spacial score (nSPS) is 14.2. The highest BCUT2D eigenvalue weighted by Gasteiger charge is 2.35. The molecule has 0 saturated carbocycles. The van der Waals surface area contributed by atoms with E-state index in [9.17, 15) is 96.8 Å². The van der Waals surface area contributed by atoms with Crippen molar-refractivity contribution in [2.24, 2.45) is 35.0 Å². The number of nitrogens with one attached hydrogen (secondary N) is 12. The van der Waals surface area contributed by atoms with Crippen molar-refractivity contribution in [2.45, 2.75) is 174 Å². The Bertz CT molecular complexity index is 2780. The number of carboxylic acids is 3. The van der Waals surface area contributed by atoms with Crippen molar-refractivity contribution in [1.82, 2.24) is 63.8 Å². The fraction of sp³-hybridized carbons (Fsp3) is 0.589. The highest BCUT2D eigenvalue weighted by Crippen LogP contribution is 2.11. The minimum absolute atomic E-state index is 0.0803. The van der Waals surface area contributed by atoms with E-state index >= 15 is 0 Å². The van der Waals surface area contributed by atoms with Crippen LogP contribution in [0.15, 0.2) is 30.3 Å². The smallest absolute Gasteiger partial charge is 0.325 e. The minimum Gasteiger partial charge on any atom is -0.481 e. The number of benzene rings is 1. The van der Waals surface area contributed by atoms with Crippen LogP contribution in [0.25, 0.3) is 0 Å². The van der Waals surface area contributed by atoms with Gasteiger partial charge in [0.1, 0.15) is 54.4 Å². The lowest BCUT2D eigenvalue weighted by Crippen LogP contribution is -2.59. The molecule has 0 aromatic heterocycles. The van der Waals surface area contributed by atoms with Gasteiger partial charge in [-0.1, -0.05) is 71.9 Å². The topological polar surface area (TPSA) is 573 Å². The number of aliphatic carboxylic acids is 3. The predicted molar refractivity (Wildman–Crippen MR) is 319 cm³/mol. The third-order valence-electron chi connectivity index (χ3n) is 12.8. The van der Waals surface area contributed by atoms with Gasteiger partial charge in [-0.3, -0.25) is 81.5 Å². The Morgan fingerprint density at radius 1 is 0.385 bits per heavy atom. The van der Waals surface area contributed by atoms with Crippen molar-refractivity contribution in [3.63, 3.8) is 0 Å². The highest BCUT2D eigenvalue weighted by molar-refractivity contribution is 6.00. The van der Waals surface area contributed by atoms with E-state index < -0.39 is 213 Å². The first kappa shape index (κ1) is 79.2. The maximum atomic E-state index is 13.8. The summed E-state index contributed by atoms with van der Waals surface area (Å²) in [5.41, 5.74) is 16.6. The molecular formula is C56H87N15O20. The summed E-state index contributed by atoms with van der Waals surface area (Å²) in [4.78, 5) is 218. The standard InChI is InChI=1S/C56H87N15O20/c1-26(2)16-34(52(86)64-30(8)56(90)91)65-42(74)23-60-49(83)33(14-15-45(77)78)68-53(87)35(17-27(3)4)66-44(76)25-62-51(85)38(21-41(59)73)71-54(88)36(18-28(5)6)67-43(75)24-61-50(84)37(19-31-12-10-9-11-13-31)70-55(89)39(22-46(79)80)69-47(81)29(7)63-48(82)32(57)20-40(58)72/h9-13,26-30,32-39H,14-25,57H2,1-8H3,(H2,58,72)(H2,59,73)(H,60,83)(H,61,84)(H,62,85)(H,63,82)(H,64,86)(H,65,74)(H,66,76)(H,67,75)(H,68,87)(H,69,81)(H,70,89)(H,71,88)(H,77,78)(H,79,80)(H,90,91)/t29-,30-,32-,33-,34-,35-,36-,37-,38-,39-/m0/s1. The number of carboxylic acid groups (broad SMARTS) is 3. The SMILES string of the molecule is CC(C)C[C@H](NC(=O)CNC(=O)[C@H](CCC(=O)O)NC(=O)[C@H](CC(C)C)NC(=O)CNC(=O)[C@H](CC(N)=O)NC(=O)[C@H](CC(C)C)NC(=O)CNC(=O)[C@H](Cc1ccccc1)NC(=O)[C@H](CC(=O)O)NC(=O)[C@H](C)NC(=O)[C@@H](N)CC(N)=O)C(=O)N[C@@H](C)C(=O)O. The Hall–Kier alpha value is -9.83.